The number of fused-ring (bicyclic) bond motifs is 2. The molecule has 2 atom stereocenters. The summed E-state index contributed by atoms with van der Waals surface area (Å²) in [6, 6.07) is 11.0. The summed E-state index contributed by atoms with van der Waals surface area (Å²) in [6.45, 7) is 5.71. The van der Waals surface area contributed by atoms with E-state index >= 15 is 0 Å². The van der Waals surface area contributed by atoms with Gasteiger partial charge in [-0.25, -0.2) is 4.79 Å². The van der Waals surface area contributed by atoms with E-state index < -0.39 is 41.9 Å². The molecule has 0 aliphatic carbocycles. The number of rotatable bonds is 32. The number of primary amides is 1. The van der Waals surface area contributed by atoms with Crippen LogP contribution in [0.15, 0.2) is 60.7 Å². The molecule has 0 saturated heterocycles. The zero-order valence-corrected chi connectivity index (χ0v) is 46.1. The van der Waals surface area contributed by atoms with E-state index in [2.05, 4.69) is 21.3 Å². The Bertz CT molecular complexity index is 2820. The number of carboxylic acids is 1. The maximum absolute atomic E-state index is 13.6. The summed E-state index contributed by atoms with van der Waals surface area (Å²) in [5, 5.41) is 19.7. The van der Waals surface area contributed by atoms with Gasteiger partial charge in [0.2, 0.25) is 29.5 Å². The number of urea groups is 1. The molecule has 0 unspecified atom stereocenters. The average Bonchev–Trinajstić information content (AvgIpc) is 4.40. The van der Waals surface area contributed by atoms with Gasteiger partial charge in [-0.15, -0.1) is 0 Å². The molecule has 7 N–H and O–H groups in total. The number of anilines is 1. The van der Waals surface area contributed by atoms with E-state index in [0.29, 0.717) is 92.7 Å². The van der Waals surface area contributed by atoms with E-state index in [4.69, 9.17) is 34.5 Å². The first-order valence-electron chi connectivity index (χ1n) is 27.0. The fourth-order valence-corrected chi connectivity index (χ4v) is 9.23. The van der Waals surface area contributed by atoms with Crippen molar-refractivity contribution in [1.82, 2.24) is 30.7 Å². The highest BCUT2D eigenvalue weighted by Gasteiger charge is 2.31. The molecule has 0 aromatic heterocycles. The molecule has 3 aromatic rings. The van der Waals surface area contributed by atoms with Crippen LogP contribution in [0.25, 0.3) is 0 Å². The van der Waals surface area contributed by atoms with Gasteiger partial charge in [0.1, 0.15) is 18.7 Å². The molecule has 24 heteroatoms. The Morgan fingerprint density at radius 1 is 0.642 bits per heavy atom. The lowest BCUT2D eigenvalue weighted by molar-refractivity contribution is -0.147. The van der Waals surface area contributed by atoms with Crippen LogP contribution in [0.3, 0.4) is 0 Å². The van der Waals surface area contributed by atoms with Crippen LogP contribution >= 0.6 is 0 Å². The van der Waals surface area contributed by atoms with E-state index in [0.717, 1.165) is 27.2 Å². The largest absolute Gasteiger partial charge is 0.493 e. The normalized spacial score (nSPS) is 14.0. The maximum atomic E-state index is 13.6. The number of hydrogen-bond acceptors (Lipinski definition) is 15. The van der Waals surface area contributed by atoms with Crippen molar-refractivity contribution in [3.05, 3.63) is 88.5 Å². The molecule has 436 valence electrons. The Kier molecular flexibility index (Phi) is 22.8. The lowest BCUT2D eigenvalue weighted by Gasteiger charge is -2.25. The number of esters is 1. The number of ether oxygens (including phenoxy) is 5. The molecule has 6 rings (SSSR count). The summed E-state index contributed by atoms with van der Waals surface area (Å²) in [5.41, 5.74) is 9.75. The molecule has 3 aliphatic rings. The van der Waals surface area contributed by atoms with E-state index in [-0.39, 0.29) is 107 Å². The molecule has 81 heavy (non-hydrogen) atoms. The number of methoxy groups -OCH3 is 2. The fourth-order valence-electron chi connectivity index (χ4n) is 9.23. The van der Waals surface area contributed by atoms with Crippen molar-refractivity contribution in [2.24, 2.45) is 11.7 Å². The van der Waals surface area contributed by atoms with Crippen LogP contribution in [0.1, 0.15) is 112 Å². The minimum Gasteiger partial charge on any atom is -0.493 e. The standard InChI is InChI=1S/C57H72N8O16/c1-35(2)54(62-47(66)11-6-5-7-23-65-50(69)16-17-51(65)70)56(75)61-42(10-8-22-59-57(58)76)55(74)60-41-14-12-36(13-15-41)34-81-53(73)21-19-49(68)64-31-38-27-44(78-4)46(29-40(38)33-64)80-25-9-24-79-45-28-39-32-63(48(67)18-20-52(71)72)30-37(39)26-43(45)77-3/h12-17,26-29,35,42,54H,5-11,18-25,30-34H2,1-4H3,(H,60,74)(H,61,75)(H,62,66)(H,71,72)(H3,58,59,76)/t42-,54-/m0/s1. The highest BCUT2D eigenvalue weighted by Crippen LogP contribution is 2.37. The van der Waals surface area contributed by atoms with Crippen molar-refractivity contribution >= 4 is 65.0 Å². The number of carbonyl (C=O) groups excluding carboxylic acids is 9. The van der Waals surface area contributed by atoms with Gasteiger partial charge in [-0.2, -0.15) is 0 Å². The van der Waals surface area contributed by atoms with Crippen molar-refractivity contribution in [1.29, 1.82) is 0 Å². The molecule has 3 heterocycles. The van der Waals surface area contributed by atoms with Crippen LogP contribution in [0.5, 0.6) is 23.0 Å². The van der Waals surface area contributed by atoms with E-state index in [1.165, 1.54) is 26.4 Å². The number of unbranched alkanes of at least 4 members (excludes halogenated alkanes) is 2. The van der Waals surface area contributed by atoms with Crippen LogP contribution in [0.4, 0.5) is 10.5 Å². The Hall–Kier alpha value is -8.70. The molecule has 0 saturated carbocycles. The van der Waals surface area contributed by atoms with Gasteiger partial charge in [-0.1, -0.05) is 32.4 Å². The summed E-state index contributed by atoms with van der Waals surface area (Å²) in [5.74, 6) is -2.64. The molecule has 9 amide bonds. The van der Waals surface area contributed by atoms with Crippen molar-refractivity contribution in [3.63, 3.8) is 0 Å². The molecule has 0 radical (unpaired) electrons. The molecule has 24 nitrogen and oxygen atoms in total. The van der Waals surface area contributed by atoms with Crippen molar-refractivity contribution < 1.29 is 76.7 Å². The van der Waals surface area contributed by atoms with Gasteiger partial charge in [-0.05, 0) is 95.8 Å². The Labute approximate surface area is 469 Å². The zero-order chi connectivity index (χ0) is 58.6. The second kappa shape index (κ2) is 30.0. The smallest absolute Gasteiger partial charge is 0.312 e. The van der Waals surface area contributed by atoms with Gasteiger partial charge < -0.3 is 65.6 Å². The molecular formula is C57H72N8O16. The number of amides is 9. The molecular weight excluding hydrogens is 1050 g/mol. The first-order valence-corrected chi connectivity index (χ1v) is 27.0. The van der Waals surface area contributed by atoms with Crippen LogP contribution in [-0.2, 0) is 80.7 Å². The third kappa shape index (κ3) is 18.4. The lowest BCUT2D eigenvalue weighted by atomic mass is 10.0. The van der Waals surface area contributed by atoms with E-state index in [1.54, 1.807) is 47.9 Å². The summed E-state index contributed by atoms with van der Waals surface area (Å²) >= 11 is 0. The number of benzene rings is 3. The second-order valence-corrected chi connectivity index (χ2v) is 20.1. The van der Waals surface area contributed by atoms with E-state index in [9.17, 15) is 47.9 Å². The molecule has 0 bridgehead atoms. The van der Waals surface area contributed by atoms with E-state index in [1.807, 2.05) is 24.3 Å². The van der Waals surface area contributed by atoms with Crippen LogP contribution in [0, 0.1) is 5.92 Å². The number of carbonyl (C=O) groups is 10. The first-order chi connectivity index (χ1) is 38.8. The van der Waals surface area contributed by atoms with Crippen molar-refractivity contribution in [2.45, 2.75) is 129 Å². The third-order valence-corrected chi connectivity index (χ3v) is 13.7. The quantitative estimate of drug-likeness (QED) is 0.0291. The van der Waals surface area contributed by atoms with Gasteiger partial charge in [0.15, 0.2) is 23.0 Å². The van der Waals surface area contributed by atoms with Crippen LogP contribution < -0.4 is 45.9 Å². The number of hydrogen-bond donors (Lipinski definition) is 6. The highest BCUT2D eigenvalue weighted by atomic mass is 16.5. The fraction of sp³-hybridized carbons (Fsp3) is 0.474. The zero-order valence-electron chi connectivity index (χ0n) is 46.1. The summed E-state index contributed by atoms with van der Waals surface area (Å²) in [4.78, 5) is 129. The van der Waals surface area contributed by atoms with Gasteiger partial charge in [0.05, 0.1) is 40.3 Å². The molecule has 0 fully saturated rings. The molecule has 0 spiro atoms. The van der Waals surface area contributed by atoms with Crippen LogP contribution in [-0.4, -0.2) is 132 Å². The number of nitrogens with two attached hydrogens (primary N) is 1. The predicted molar refractivity (Wildman–Crippen MR) is 291 cm³/mol. The number of nitrogens with zero attached hydrogens (tertiary/aromatic N) is 3. The minimum atomic E-state index is -1.07. The van der Waals surface area contributed by atoms with Gasteiger partial charge in [-0.3, -0.25) is 48.1 Å². The van der Waals surface area contributed by atoms with Gasteiger partial charge >= 0.3 is 18.0 Å². The third-order valence-electron chi connectivity index (χ3n) is 13.7. The van der Waals surface area contributed by atoms with Crippen LogP contribution in [0.2, 0.25) is 0 Å². The average molecular weight is 1130 g/mol. The molecule has 3 aromatic carbocycles. The Morgan fingerprint density at radius 3 is 1.70 bits per heavy atom. The summed E-state index contributed by atoms with van der Waals surface area (Å²) in [6.07, 6.45) is 4.45. The highest BCUT2D eigenvalue weighted by molar-refractivity contribution is 6.12. The first kappa shape index (κ1) is 61.5. The van der Waals surface area contributed by atoms with Crippen molar-refractivity contribution in [3.8, 4) is 23.0 Å². The monoisotopic (exact) mass is 1120 g/mol. The SMILES string of the molecule is COc1cc2c(cc1OCCCOc1cc3c(cc1OC)CN(C(=O)CCC(=O)OCc1ccc(NC(=O)[C@H](CCCNC(N)=O)NC(=O)[C@@H](NC(=O)CCCCCN4C(=O)C=CC4=O)C(C)C)cc1)C3)CN(C(=O)CCC(=O)O)C2. The maximum Gasteiger partial charge on any atom is 0.312 e. The van der Waals surface area contributed by atoms with Gasteiger partial charge in [0.25, 0.3) is 11.8 Å². The number of aliphatic carboxylic acids is 1. The summed E-state index contributed by atoms with van der Waals surface area (Å²) < 4.78 is 28.8. The lowest BCUT2D eigenvalue weighted by Crippen LogP contribution is -2.54. The Balaban J connectivity index is 0.907. The van der Waals surface area contributed by atoms with Gasteiger partial charge in [0, 0.05) is 82.8 Å². The Morgan fingerprint density at radius 2 is 1.19 bits per heavy atom. The number of carboxylic acid groups (broad SMARTS) is 1. The molecule has 3 aliphatic heterocycles. The predicted octanol–water partition coefficient (Wildman–Crippen LogP) is 4.12. The summed E-state index contributed by atoms with van der Waals surface area (Å²) in [7, 11) is 3.06. The number of imide groups is 1. The minimum absolute atomic E-state index is 0.0717. The van der Waals surface area contributed by atoms with Crippen molar-refractivity contribution in [2.75, 3.05) is 45.8 Å². The number of nitrogens with one attached hydrogen (secondary N) is 4. The second-order valence-electron chi connectivity index (χ2n) is 20.1. The topological polar surface area (TPSA) is 321 Å².